The molecule has 0 saturated heterocycles. The van der Waals surface area contributed by atoms with Gasteiger partial charge in [0.15, 0.2) is 4.93 Å². The molecule has 4 N–H and O–H groups in total. The molecule has 1 aromatic carbocycles. The van der Waals surface area contributed by atoms with Crippen molar-refractivity contribution in [2.45, 2.75) is 31.1 Å². The first-order chi connectivity index (χ1) is 8.43. The van der Waals surface area contributed by atoms with Crippen molar-refractivity contribution < 1.29 is 9.47 Å². The lowest BCUT2D eigenvalue weighted by Gasteiger charge is -2.28. The molecule has 0 spiro atoms. The highest BCUT2D eigenvalue weighted by atomic mass is 32.2. The number of benzene rings is 1. The molecule has 18 heavy (non-hydrogen) atoms. The standard InChI is InChI=1S/C13H22N2O2S/c1-10(16-9-8-14)18-13(2,3)17-12-6-4-11(15)5-7-12/h4-7,10H,8-9,14-15H2,1-3H3. The lowest BCUT2D eigenvalue weighted by Crippen LogP contribution is -2.28. The van der Waals surface area contributed by atoms with E-state index in [1.54, 1.807) is 11.8 Å². The van der Waals surface area contributed by atoms with Gasteiger partial charge in [-0.1, -0.05) is 11.8 Å². The zero-order valence-electron chi connectivity index (χ0n) is 11.2. The lowest BCUT2D eigenvalue weighted by molar-refractivity contribution is 0.124. The predicted octanol–water partition coefficient (Wildman–Crippen LogP) is 2.44. The number of hydrogen-bond donors (Lipinski definition) is 2. The topological polar surface area (TPSA) is 70.5 Å². The fourth-order valence-corrected chi connectivity index (χ4v) is 2.62. The Bertz CT molecular complexity index is 355. The first-order valence-electron chi connectivity index (χ1n) is 5.97. The summed E-state index contributed by atoms with van der Waals surface area (Å²) in [6.07, 6.45) is 0. The van der Waals surface area contributed by atoms with Crippen molar-refractivity contribution in [3.8, 4) is 5.75 Å². The molecule has 0 aliphatic carbocycles. The van der Waals surface area contributed by atoms with Gasteiger partial charge in [0.05, 0.1) is 6.61 Å². The number of hydrogen-bond acceptors (Lipinski definition) is 5. The maximum Gasteiger partial charge on any atom is 0.151 e. The lowest BCUT2D eigenvalue weighted by atomic mass is 10.3. The van der Waals surface area contributed by atoms with Crippen molar-refractivity contribution in [3.05, 3.63) is 24.3 Å². The molecule has 0 radical (unpaired) electrons. The van der Waals surface area contributed by atoms with Gasteiger partial charge in [-0.05, 0) is 45.0 Å². The summed E-state index contributed by atoms with van der Waals surface area (Å²) in [5.41, 5.74) is 11.8. The monoisotopic (exact) mass is 270 g/mol. The van der Waals surface area contributed by atoms with Crippen LogP contribution >= 0.6 is 11.8 Å². The average Bonchev–Trinajstić information content (AvgIpc) is 2.28. The zero-order chi connectivity index (χ0) is 13.6. The molecule has 0 heterocycles. The molecule has 0 amide bonds. The summed E-state index contributed by atoms with van der Waals surface area (Å²) in [4.78, 5) is -0.371. The summed E-state index contributed by atoms with van der Waals surface area (Å²) in [5, 5.41) is 0. The van der Waals surface area contributed by atoms with Gasteiger partial charge in [0.25, 0.3) is 0 Å². The Hall–Kier alpha value is -0.910. The van der Waals surface area contributed by atoms with Crippen LogP contribution in [0.2, 0.25) is 0 Å². The number of nitrogen functional groups attached to an aromatic ring is 1. The van der Waals surface area contributed by atoms with E-state index in [1.165, 1.54) is 0 Å². The Labute approximate surface area is 113 Å². The highest BCUT2D eigenvalue weighted by Gasteiger charge is 2.24. The highest BCUT2D eigenvalue weighted by Crippen LogP contribution is 2.32. The zero-order valence-corrected chi connectivity index (χ0v) is 12.0. The van der Waals surface area contributed by atoms with Crippen LogP contribution in [0, 0.1) is 0 Å². The minimum atomic E-state index is -0.371. The number of nitrogens with two attached hydrogens (primary N) is 2. The first-order valence-corrected chi connectivity index (χ1v) is 6.85. The van der Waals surface area contributed by atoms with Crippen molar-refractivity contribution in [2.24, 2.45) is 5.73 Å². The van der Waals surface area contributed by atoms with Crippen LogP contribution in [0.25, 0.3) is 0 Å². The minimum Gasteiger partial charge on any atom is -0.477 e. The normalized spacial score (nSPS) is 13.3. The Balaban J connectivity index is 2.50. The smallest absolute Gasteiger partial charge is 0.151 e. The second kappa shape index (κ2) is 6.87. The third-order valence-electron chi connectivity index (χ3n) is 2.16. The summed E-state index contributed by atoms with van der Waals surface area (Å²) in [6, 6.07) is 7.38. The summed E-state index contributed by atoms with van der Waals surface area (Å²) in [7, 11) is 0. The van der Waals surface area contributed by atoms with Crippen molar-refractivity contribution >= 4 is 17.4 Å². The minimum absolute atomic E-state index is 0.0392. The SMILES string of the molecule is CC(OCCN)SC(C)(C)Oc1ccc(N)cc1. The number of anilines is 1. The highest BCUT2D eigenvalue weighted by molar-refractivity contribution is 8.00. The van der Waals surface area contributed by atoms with Crippen LogP contribution in [-0.4, -0.2) is 23.5 Å². The van der Waals surface area contributed by atoms with Gasteiger partial charge in [-0.15, -0.1) is 0 Å². The number of ether oxygens (including phenoxy) is 2. The Morgan fingerprint density at radius 3 is 2.44 bits per heavy atom. The van der Waals surface area contributed by atoms with Crippen molar-refractivity contribution in [1.82, 2.24) is 0 Å². The van der Waals surface area contributed by atoms with Crippen molar-refractivity contribution in [2.75, 3.05) is 18.9 Å². The van der Waals surface area contributed by atoms with Gasteiger partial charge < -0.3 is 20.9 Å². The average molecular weight is 270 g/mol. The number of thioether (sulfide) groups is 1. The van der Waals surface area contributed by atoms with Gasteiger partial charge in [-0.2, -0.15) is 0 Å². The van der Waals surface area contributed by atoms with Crippen LogP contribution < -0.4 is 16.2 Å². The molecule has 0 fully saturated rings. The molecule has 102 valence electrons. The molecular formula is C13H22N2O2S. The third kappa shape index (κ3) is 5.62. The second-order valence-electron chi connectivity index (χ2n) is 4.42. The van der Waals surface area contributed by atoms with Gasteiger partial charge in [-0.25, -0.2) is 0 Å². The van der Waals surface area contributed by atoms with E-state index in [0.717, 1.165) is 11.4 Å². The quantitative estimate of drug-likeness (QED) is 0.588. The maximum absolute atomic E-state index is 5.90. The van der Waals surface area contributed by atoms with E-state index in [4.69, 9.17) is 20.9 Å². The van der Waals surface area contributed by atoms with Crippen LogP contribution in [0.4, 0.5) is 5.69 Å². The molecule has 1 aromatic rings. The van der Waals surface area contributed by atoms with Gasteiger partial charge >= 0.3 is 0 Å². The fraction of sp³-hybridized carbons (Fsp3) is 0.538. The molecule has 1 unspecified atom stereocenters. The van der Waals surface area contributed by atoms with E-state index in [9.17, 15) is 0 Å². The van der Waals surface area contributed by atoms with Crippen LogP contribution in [0.1, 0.15) is 20.8 Å². The molecule has 0 aliphatic rings. The van der Waals surface area contributed by atoms with Crippen LogP contribution in [0.5, 0.6) is 5.75 Å². The van der Waals surface area contributed by atoms with E-state index in [2.05, 4.69) is 0 Å². The van der Waals surface area contributed by atoms with Gasteiger partial charge in [-0.3, -0.25) is 0 Å². The summed E-state index contributed by atoms with van der Waals surface area (Å²) >= 11 is 1.61. The Kier molecular flexibility index (Phi) is 5.78. The molecule has 5 heteroatoms. The summed E-state index contributed by atoms with van der Waals surface area (Å²) in [6.45, 7) is 7.11. The van der Waals surface area contributed by atoms with E-state index >= 15 is 0 Å². The molecule has 0 aliphatic heterocycles. The van der Waals surface area contributed by atoms with Crippen LogP contribution in [0.3, 0.4) is 0 Å². The van der Waals surface area contributed by atoms with Crippen LogP contribution in [-0.2, 0) is 4.74 Å². The van der Waals surface area contributed by atoms with Gasteiger partial charge in [0, 0.05) is 12.2 Å². The van der Waals surface area contributed by atoms with E-state index < -0.39 is 0 Å². The Morgan fingerprint density at radius 1 is 1.28 bits per heavy atom. The van der Waals surface area contributed by atoms with Crippen molar-refractivity contribution in [1.29, 1.82) is 0 Å². The fourth-order valence-electron chi connectivity index (χ4n) is 1.51. The van der Waals surface area contributed by atoms with E-state index in [0.29, 0.717) is 13.2 Å². The second-order valence-corrected chi connectivity index (χ2v) is 6.30. The molecular weight excluding hydrogens is 248 g/mol. The van der Waals surface area contributed by atoms with Crippen molar-refractivity contribution in [3.63, 3.8) is 0 Å². The summed E-state index contributed by atoms with van der Waals surface area (Å²) in [5.74, 6) is 0.799. The van der Waals surface area contributed by atoms with Gasteiger partial charge in [0.1, 0.15) is 11.2 Å². The van der Waals surface area contributed by atoms with Crippen LogP contribution in [0.15, 0.2) is 24.3 Å². The molecule has 1 atom stereocenters. The molecule has 0 bridgehead atoms. The largest absolute Gasteiger partial charge is 0.477 e. The maximum atomic E-state index is 5.90. The Morgan fingerprint density at radius 2 is 1.89 bits per heavy atom. The molecule has 0 saturated carbocycles. The third-order valence-corrected chi connectivity index (χ3v) is 3.28. The van der Waals surface area contributed by atoms with Gasteiger partial charge in [0.2, 0.25) is 0 Å². The molecule has 4 nitrogen and oxygen atoms in total. The first kappa shape index (κ1) is 15.1. The molecule has 0 aromatic heterocycles. The predicted molar refractivity (Wildman–Crippen MR) is 77.6 cm³/mol. The molecule has 1 rings (SSSR count). The van der Waals surface area contributed by atoms with E-state index in [1.807, 2.05) is 45.0 Å². The van der Waals surface area contributed by atoms with E-state index in [-0.39, 0.29) is 10.4 Å². The summed E-state index contributed by atoms with van der Waals surface area (Å²) < 4.78 is 11.4. The number of rotatable bonds is 7.